The molecule has 0 aliphatic heterocycles. The molecule has 0 fully saturated rings. The smallest absolute Gasteiger partial charge is 0.236 e. The molecule has 0 aromatic carbocycles. The summed E-state index contributed by atoms with van der Waals surface area (Å²) in [6, 6.07) is 7.81. The van der Waals surface area contributed by atoms with E-state index in [9.17, 15) is 4.79 Å². The number of rotatable bonds is 7. The maximum atomic E-state index is 12.0. The van der Waals surface area contributed by atoms with Gasteiger partial charge in [-0.3, -0.25) is 14.8 Å². The number of aromatic nitrogens is 2. The van der Waals surface area contributed by atoms with E-state index in [2.05, 4.69) is 15.3 Å². The van der Waals surface area contributed by atoms with Crippen LogP contribution in [-0.4, -0.2) is 40.9 Å². The van der Waals surface area contributed by atoms with E-state index in [1.165, 1.54) is 5.56 Å². The van der Waals surface area contributed by atoms with Gasteiger partial charge in [0.2, 0.25) is 5.91 Å². The van der Waals surface area contributed by atoms with Crippen molar-refractivity contribution in [3.05, 3.63) is 60.2 Å². The highest BCUT2D eigenvalue weighted by Gasteiger charge is 2.08. The van der Waals surface area contributed by atoms with Crippen LogP contribution in [0.25, 0.3) is 0 Å². The number of hydrogen-bond acceptors (Lipinski definition) is 4. The first-order valence-corrected chi connectivity index (χ1v) is 6.98. The predicted molar refractivity (Wildman–Crippen MR) is 81.5 cm³/mol. The minimum atomic E-state index is 0.0907. The maximum absolute atomic E-state index is 12.0. The fourth-order valence-electron chi connectivity index (χ4n) is 1.92. The van der Waals surface area contributed by atoms with Gasteiger partial charge in [0.25, 0.3) is 0 Å². The minimum absolute atomic E-state index is 0.0907. The van der Waals surface area contributed by atoms with Crippen molar-refractivity contribution in [2.45, 2.75) is 13.0 Å². The zero-order valence-corrected chi connectivity index (χ0v) is 12.2. The molecule has 0 radical (unpaired) electrons. The molecule has 0 aliphatic carbocycles. The molecule has 0 atom stereocenters. The van der Waals surface area contributed by atoms with E-state index >= 15 is 0 Å². The van der Waals surface area contributed by atoms with E-state index in [0.29, 0.717) is 19.6 Å². The van der Waals surface area contributed by atoms with Crippen molar-refractivity contribution < 1.29 is 4.79 Å². The fourth-order valence-corrected chi connectivity index (χ4v) is 1.92. The summed E-state index contributed by atoms with van der Waals surface area (Å²) in [5, 5.41) is 3.14. The molecule has 2 aromatic rings. The van der Waals surface area contributed by atoms with Gasteiger partial charge in [-0.25, -0.2) is 0 Å². The Bertz CT molecular complexity index is 545. The third-order valence-corrected chi connectivity index (χ3v) is 3.24. The standard InChI is InChI=1S/C16H20N4O/c1-20(10-6-14-4-8-17-9-5-14)16(21)13-19-12-15-3-2-7-18-11-15/h2-5,7-9,11,19H,6,10,12-13H2,1H3. The second-order valence-corrected chi connectivity index (χ2v) is 4.89. The lowest BCUT2D eigenvalue weighted by Gasteiger charge is -2.17. The first-order chi connectivity index (χ1) is 10.3. The molecule has 0 saturated heterocycles. The van der Waals surface area contributed by atoms with Crippen molar-refractivity contribution in [1.82, 2.24) is 20.2 Å². The zero-order chi connectivity index (χ0) is 14.9. The van der Waals surface area contributed by atoms with Gasteiger partial charge in [0.1, 0.15) is 0 Å². The Morgan fingerprint density at radius 2 is 1.95 bits per heavy atom. The van der Waals surface area contributed by atoms with Crippen LogP contribution >= 0.6 is 0 Å². The molecule has 5 heteroatoms. The number of amides is 1. The Morgan fingerprint density at radius 3 is 2.67 bits per heavy atom. The molecule has 0 spiro atoms. The van der Waals surface area contributed by atoms with Crippen LogP contribution in [-0.2, 0) is 17.8 Å². The second-order valence-electron chi connectivity index (χ2n) is 4.89. The van der Waals surface area contributed by atoms with E-state index in [-0.39, 0.29) is 5.91 Å². The Morgan fingerprint density at radius 1 is 1.14 bits per heavy atom. The first-order valence-electron chi connectivity index (χ1n) is 6.98. The topological polar surface area (TPSA) is 58.1 Å². The summed E-state index contributed by atoms with van der Waals surface area (Å²) in [6.45, 7) is 1.69. The largest absolute Gasteiger partial charge is 0.344 e. The van der Waals surface area contributed by atoms with Crippen LogP contribution < -0.4 is 5.32 Å². The lowest BCUT2D eigenvalue weighted by Crippen LogP contribution is -2.36. The highest BCUT2D eigenvalue weighted by atomic mass is 16.2. The van der Waals surface area contributed by atoms with E-state index in [1.54, 1.807) is 29.7 Å². The number of likely N-dealkylation sites (N-methyl/N-ethyl adjacent to an activating group) is 1. The Balaban J connectivity index is 1.68. The summed E-state index contributed by atoms with van der Waals surface area (Å²) in [7, 11) is 1.83. The quantitative estimate of drug-likeness (QED) is 0.832. The van der Waals surface area contributed by atoms with Crippen molar-refractivity contribution in [3.63, 3.8) is 0 Å². The van der Waals surface area contributed by atoms with Crippen LogP contribution in [0.15, 0.2) is 49.1 Å². The number of pyridine rings is 2. The molecule has 0 bridgehead atoms. The molecule has 0 aliphatic rings. The van der Waals surface area contributed by atoms with Gasteiger partial charge in [0, 0.05) is 44.9 Å². The van der Waals surface area contributed by atoms with Gasteiger partial charge in [0.05, 0.1) is 6.54 Å². The predicted octanol–water partition coefficient (Wildman–Crippen LogP) is 1.27. The third-order valence-electron chi connectivity index (χ3n) is 3.24. The van der Waals surface area contributed by atoms with Crippen molar-refractivity contribution in [1.29, 1.82) is 0 Å². The number of nitrogens with zero attached hydrogens (tertiary/aromatic N) is 3. The van der Waals surface area contributed by atoms with Crippen LogP contribution in [0, 0.1) is 0 Å². The van der Waals surface area contributed by atoms with Gasteiger partial charge in [-0.1, -0.05) is 6.07 Å². The molecule has 1 N–H and O–H groups in total. The summed E-state index contributed by atoms with van der Waals surface area (Å²) >= 11 is 0. The third kappa shape index (κ3) is 5.31. The molecule has 2 heterocycles. The highest BCUT2D eigenvalue weighted by molar-refractivity contribution is 5.77. The van der Waals surface area contributed by atoms with E-state index in [0.717, 1.165) is 12.0 Å². The van der Waals surface area contributed by atoms with Gasteiger partial charge < -0.3 is 10.2 Å². The summed E-state index contributed by atoms with van der Waals surface area (Å²) < 4.78 is 0. The van der Waals surface area contributed by atoms with Crippen LogP contribution in [0.2, 0.25) is 0 Å². The highest BCUT2D eigenvalue weighted by Crippen LogP contribution is 1.99. The zero-order valence-electron chi connectivity index (χ0n) is 12.2. The minimum Gasteiger partial charge on any atom is -0.344 e. The monoisotopic (exact) mass is 284 g/mol. The molecule has 21 heavy (non-hydrogen) atoms. The average Bonchev–Trinajstić information content (AvgIpc) is 2.54. The lowest BCUT2D eigenvalue weighted by atomic mass is 10.2. The van der Waals surface area contributed by atoms with E-state index in [1.807, 2.05) is 31.3 Å². The van der Waals surface area contributed by atoms with E-state index in [4.69, 9.17) is 0 Å². The molecular formula is C16H20N4O. The van der Waals surface area contributed by atoms with Crippen LogP contribution in [0.1, 0.15) is 11.1 Å². The van der Waals surface area contributed by atoms with Crippen LogP contribution in [0.3, 0.4) is 0 Å². The van der Waals surface area contributed by atoms with Gasteiger partial charge in [-0.2, -0.15) is 0 Å². The Labute approximate surface area is 125 Å². The van der Waals surface area contributed by atoms with Gasteiger partial charge >= 0.3 is 0 Å². The van der Waals surface area contributed by atoms with Crippen LogP contribution in [0.5, 0.6) is 0 Å². The number of carbonyl (C=O) groups excluding carboxylic acids is 1. The lowest BCUT2D eigenvalue weighted by molar-refractivity contribution is -0.128. The van der Waals surface area contributed by atoms with Crippen molar-refractivity contribution >= 4 is 5.91 Å². The van der Waals surface area contributed by atoms with Crippen molar-refractivity contribution in [2.24, 2.45) is 0 Å². The van der Waals surface area contributed by atoms with Crippen molar-refractivity contribution in [3.8, 4) is 0 Å². The Hall–Kier alpha value is -2.27. The number of hydrogen-bond donors (Lipinski definition) is 1. The van der Waals surface area contributed by atoms with Crippen LogP contribution in [0.4, 0.5) is 0 Å². The van der Waals surface area contributed by atoms with Gasteiger partial charge in [0.15, 0.2) is 0 Å². The van der Waals surface area contributed by atoms with Gasteiger partial charge in [-0.05, 0) is 35.7 Å². The molecule has 0 unspecified atom stereocenters. The molecule has 2 aromatic heterocycles. The maximum Gasteiger partial charge on any atom is 0.236 e. The summed E-state index contributed by atoms with van der Waals surface area (Å²) in [6.07, 6.45) is 7.92. The number of carbonyl (C=O) groups is 1. The summed E-state index contributed by atoms with van der Waals surface area (Å²) in [4.78, 5) is 21.8. The molecule has 2 rings (SSSR count). The summed E-state index contributed by atoms with van der Waals surface area (Å²) in [5.74, 6) is 0.0907. The normalized spacial score (nSPS) is 10.3. The average molecular weight is 284 g/mol. The SMILES string of the molecule is CN(CCc1ccncc1)C(=O)CNCc1cccnc1. The Kier molecular flexibility index (Phi) is 5.84. The number of nitrogens with one attached hydrogen (secondary N) is 1. The molecule has 1 amide bonds. The first kappa shape index (κ1) is 15.1. The summed E-state index contributed by atoms with van der Waals surface area (Å²) in [5.41, 5.74) is 2.26. The van der Waals surface area contributed by atoms with Crippen molar-refractivity contribution in [2.75, 3.05) is 20.1 Å². The fraction of sp³-hybridized carbons (Fsp3) is 0.312. The molecule has 110 valence electrons. The van der Waals surface area contributed by atoms with Gasteiger partial charge in [-0.15, -0.1) is 0 Å². The molecule has 5 nitrogen and oxygen atoms in total. The molecular weight excluding hydrogens is 264 g/mol. The second kappa shape index (κ2) is 8.11. The van der Waals surface area contributed by atoms with E-state index < -0.39 is 0 Å². The molecule has 0 saturated carbocycles.